The molecular formula is C11H16N4O. The Bertz CT molecular complexity index is 567. The van der Waals surface area contributed by atoms with Gasteiger partial charge in [-0.25, -0.2) is 4.98 Å². The molecule has 86 valence electrons. The summed E-state index contributed by atoms with van der Waals surface area (Å²) in [5.74, 6) is 0.802. The van der Waals surface area contributed by atoms with Gasteiger partial charge < -0.3 is 0 Å². The molecule has 0 spiro atoms. The zero-order chi connectivity index (χ0) is 11.7. The van der Waals surface area contributed by atoms with Crippen molar-refractivity contribution in [2.75, 3.05) is 0 Å². The lowest BCUT2D eigenvalue weighted by molar-refractivity contribution is 0.750. The van der Waals surface area contributed by atoms with Crippen LogP contribution in [0.4, 0.5) is 0 Å². The number of rotatable bonds is 3. The van der Waals surface area contributed by atoms with Gasteiger partial charge >= 0.3 is 0 Å². The van der Waals surface area contributed by atoms with Gasteiger partial charge in [0, 0.05) is 13.5 Å². The number of aromatic amines is 1. The van der Waals surface area contributed by atoms with Crippen molar-refractivity contribution in [3.63, 3.8) is 0 Å². The van der Waals surface area contributed by atoms with Crippen LogP contribution in [0.3, 0.4) is 0 Å². The molecule has 2 aromatic rings. The summed E-state index contributed by atoms with van der Waals surface area (Å²) in [6.07, 6.45) is 2.63. The third kappa shape index (κ3) is 1.52. The first kappa shape index (κ1) is 10.9. The SMILES string of the molecule is CCCc1[nH]nc2c(=O)n(C)c(CC)nc12. The lowest BCUT2D eigenvalue weighted by Crippen LogP contribution is -2.22. The Morgan fingerprint density at radius 3 is 2.69 bits per heavy atom. The van der Waals surface area contributed by atoms with Crippen LogP contribution in [0, 0.1) is 0 Å². The van der Waals surface area contributed by atoms with Crippen LogP contribution in [0.5, 0.6) is 0 Å². The van der Waals surface area contributed by atoms with E-state index < -0.39 is 0 Å². The topological polar surface area (TPSA) is 63.6 Å². The van der Waals surface area contributed by atoms with Crippen LogP contribution < -0.4 is 5.56 Å². The molecule has 0 saturated heterocycles. The van der Waals surface area contributed by atoms with E-state index in [-0.39, 0.29) is 5.56 Å². The van der Waals surface area contributed by atoms with E-state index in [4.69, 9.17) is 0 Å². The molecule has 0 radical (unpaired) electrons. The third-order valence-electron chi connectivity index (χ3n) is 2.76. The summed E-state index contributed by atoms with van der Waals surface area (Å²) in [6, 6.07) is 0. The van der Waals surface area contributed by atoms with E-state index in [2.05, 4.69) is 22.1 Å². The van der Waals surface area contributed by atoms with Crippen LogP contribution in [0.25, 0.3) is 11.0 Å². The molecule has 0 aromatic carbocycles. The molecule has 0 saturated carbocycles. The predicted octanol–water partition coefficient (Wildman–Crippen LogP) is 1.17. The van der Waals surface area contributed by atoms with Gasteiger partial charge in [-0.2, -0.15) is 5.10 Å². The van der Waals surface area contributed by atoms with Crippen LogP contribution in [-0.4, -0.2) is 19.7 Å². The smallest absolute Gasteiger partial charge is 0.281 e. The second-order valence-electron chi connectivity index (χ2n) is 3.90. The molecule has 0 aliphatic rings. The molecular weight excluding hydrogens is 204 g/mol. The Kier molecular flexibility index (Phi) is 2.77. The van der Waals surface area contributed by atoms with Gasteiger partial charge in [-0.3, -0.25) is 14.5 Å². The molecule has 2 aromatic heterocycles. The van der Waals surface area contributed by atoms with Crippen LogP contribution in [0.15, 0.2) is 4.79 Å². The van der Waals surface area contributed by atoms with E-state index in [1.54, 1.807) is 11.6 Å². The minimum absolute atomic E-state index is 0.0690. The molecule has 2 rings (SSSR count). The highest BCUT2D eigenvalue weighted by Crippen LogP contribution is 2.12. The molecule has 0 amide bonds. The number of hydrogen-bond donors (Lipinski definition) is 1. The fourth-order valence-corrected chi connectivity index (χ4v) is 1.86. The summed E-state index contributed by atoms with van der Waals surface area (Å²) >= 11 is 0. The van der Waals surface area contributed by atoms with E-state index in [1.807, 2.05) is 6.92 Å². The number of fused-ring (bicyclic) bond motifs is 1. The monoisotopic (exact) mass is 220 g/mol. The van der Waals surface area contributed by atoms with Gasteiger partial charge in [0.25, 0.3) is 5.56 Å². The second-order valence-corrected chi connectivity index (χ2v) is 3.90. The van der Waals surface area contributed by atoms with E-state index in [0.717, 1.165) is 36.3 Å². The molecule has 0 unspecified atom stereocenters. The van der Waals surface area contributed by atoms with E-state index >= 15 is 0 Å². The highest BCUT2D eigenvalue weighted by atomic mass is 16.1. The molecule has 1 N–H and O–H groups in total. The fraction of sp³-hybridized carbons (Fsp3) is 0.545. The Hall–Kier alpha value is -1.65. The molecule has 0 fully saturated rings. The maximum Gasteiger partial charge on any atom is 0.281 e. The van der Waals surface area contributed by atoms with Gasteiger partial charge in [0.2, 0.25) is 0 Å². The lowest BCUT2D eigenvalue weighted by atomic mass is 10.2. The number of nitrogens with zero attached hydrogens (tertiary/aromatic N) is 3. The van der Waals surface area contributed by atoms with Gasteiger partial charge in [-0.15, -0.1) is 0 Å². The predicted molar refractivity (Wildman–Crippen MR) is 62.5 cm³/mol. The Morgan fingerprint density at radius 1 is 1.31 bits per heavy atom. The average Bonchev–Trinajstić information content (AvgIpc) is 2.67. The standard InChI is InChI=1S/C11H16N4O/c1-4-6-7-9-10(14-13-7)11(16)15(3)8(5-2)12-9/h4-6H2,1-3H3,(H,13,14). The van der Waals surface area contributed by atoms with Gasteiger partial charge in [-0.1, -0.05) is 20.3 Å². The van der Waals surface area contributed by atoms with E-state index in [9.17, 15) is 4.79 Å². The minimum Gasteiger partial charge on any atom is -0.298 e. The highest BCUT2D eigenvalue weighted by molar-refractivity contribution is 5.75. The summed E-state index contributed by atoms with van der Waals surface area (Å²) in [5.41, 5.74) is 2.08. The number of hydrogen-bond acceptors (Lipinski definition) is 3. The quantitative estimate of drug-likeness (QED) is 0.844. The largest absolute Gasteiger partial charge is 0.298 e. The van der Waals surface area contributed by atoms with Gasteiger partial charge in [-0.05, 0) is 6.42 Å². The molecule has 5 nitrogen and oxygen atoms in total. The van der Waals surface area contributed by atoms with Crippen molar-refractivity contribution >= 4 is 11.0 Å². The number of H-pyrrole nitrogens is 1. The zero-order valence-electron chi connectivity index (χ0n) is 9.87. The molecule has 5 heteroatoms. The van der Waals surface area contributed by atoms with E-state index in [0.29, 0.717) is 5.52 Å². The molecule has 2 heterocycles. The van der Waals surface area contributed by atoms with Crippen LogP contribution in [0.1, 0.15) is 31.8 Å². The summed E-state index contributed by atoms with van der Waals surface area (Å²) in [4.78, 5) is 16.5. The molecule has 0 aliphatic carbocycles. The van der Waals surface area contributed by atoms with Crippen molar-refractivity contribution in [3.8, 4) is 0 Å². The summed E-state index contributed by atoms with van der Waals surface area (Å²) in [5, 5.41) is 6.96. The first-order valence-electron chi connectivity index (χ1n) is 5.61. The number of aromatic nitrogens is 4. The van der Waals surface area contributed by atoms with Gasteiger partial charge in [0.1, 0.15) is 11.3 Å². The van der Waals surface area contributed by atoms with E-state index in [1.165, 1.54) is 0 Å². The summed E-state index contributed by atoms with van der Waals surface area (Å²) < 4.78 is 1.57. The van der Waals surface area contributed by atoms with Crippen LogP contribution >= 0.6 is 0 Å². The highest BCUT2D eigenvalue weighted by Gasteiger charge is 2.13. The Morgan fingerprint density at radius 2 is 2.06 bits per heavy atom. The first-order chi connectivity index (χ1) is 7.69. The molecule has 0 atom stereocenters. The molecule has 0 bridgehead atoms. The number of nitrogens with one attached hydrogen (secondary N) is 1. The Balaban J connectivity index is 2.75. The average molecular weight is 220 g/mol. The number of aryl methyl sites for hydroxylation is 2. The van der Waals surface area contributed by atoms with Crippen molar-refractivity contribution in [1.29, 1.82) is 0 Å². The fourth-order valence-electron chi connectivity index (χ4n) is 1.86. The lowest BCUT2D eigenvalue weighted by Gasteiger charge is -2.04. The van der Waals surface area contributed by atoms with Crippen molar-refractivity contribution < 1.29 is 0 Å². The first-order valence-corrected chi connectivity index (χ1v) is 5.61. The Labute approximate surface area is 93.5 Å². The molecule has 16 heavy (non-hydrogen) atoms. The molecule has 0 aliphatic heterocycles. The van der Waals surface area contributed by atoms with Crippen LogP contribution in [-0.2, 0) is 19.9 Å². The van der Waals surface area contributed by atoms with Gasteiger partial charge in [0.05, 0.1) is 5.69 Å². The maximum atomic E-state index is 12.0. The third-order valence-corrected chi connectivity index (χ3v) is 2.76. The second kappa shape index (κ2) is 4.08. The minimum atomic E-state index is -0.0690. The van der Waals surface area contributed by atoms with Crippen molar-refractivity contribution in [2.45, 2.75) is 33.1 Å². The van der Waals surface area contributed by atoms with Crippen molar-refractivity contribution in [2.24, 2.45) is 7.05 Å². The van der Waals surface area contributed by atoms with Crippen molar-refractivity contribution in [3.05, 3.63) is 21.9 Å². The maximum absolute atomic E-state index is 12.0. The normalized spacial score (nSPS) is 11.2. The zero-order valence-corrected chi connectivity index (χ0v) is 9.87. The summed E-state index contributed by atoms with van der Waals surface area (Å²) in [6.45, 7) is 4.08. The summed E-state index contributed by atoms with van der Waals surface area (Å²) in [7, 11) is 1.74. The van der Waals surface area contributed by atoms with Crippen LogP contribution in [0.2, 0.25) is 0 Å². The van der Waals surface area contributed by atoms with Crippen molar-refractivity contribution in [1.82, 2.24) is 19.7 Å². The van der Waals surface area contributed by atoms with Gasteiger partial charge in [0.15, 0.2) is 5.52 Å².